The fourth-order valence-electron chi connectivity index (χ4n) is 4.65. The van der Waals surface area contributed by atoms with Crippen LogP contribution in [-0.4, -0.2) is 13.1 Å². The highest BCUT2D eigenvalue weighted by atomic mass is 15.1. The van der Waals surface area contributed by atoms with Crippen molar-refractivity contribution in [2.24, 2.45) is 0 Å². The van der Waals surface area contributed by atoms with Gasteiger partial charge in [0.05, 0.1) is 24.0 Å². The first kappa shape index (κ1) is 24.6. The second kappa shape index (κ2) is 11.7. The lowest BCUT2D eigenvalue weighted by molar-refractivity contribution is 0.761. The molecule has 0 aromatic heterocycles. The summed E-state index contributed by atoms with van der Waals surface area (Å²) in [6.07, 6.45) is 0. The van der Waals surface area contributed by atoms with Gasteiger partial charge in [0.25, 0.3) is 0 Å². The number of nitriles is 2. The molecule has 4 aromatic carbocycles. The first-order valence-corrected chi connectivity index (χ1v) is 12.3. The van der Waals surface area contributed by atoms with Crippen LogP contribution in [0.25, 0.3) is 0 Å². The molecule has 2 unspecified atom stereocenters. The number of nitrogens with zero attached hydrogens (tertiary/aromatic N) is 4. The number of anilines is 4. The summed E-state index contributed by atoms with van der Waals surface area (Å²) < 4.78 is 0. The lowest BCUT2D eigenvalue weighted by Gasteiger charge is -2.25. The van der Waals surface area contributed by atoms with Crippen molar-refractivity contribution in [3.8, 4) is 12.1 Å². The normalized spacial score (nSPS) is 12.1. The van der Waals surface area contributed by atoms with Crippen LogP contribution in [0.3, 0.4) is 0 Å². The Balaban J connectivity index is 1.57. The van der Waals surface area contributed by atoms with E-state index < -0.39 is 11.8 Å². The van der Waals surface area contributed by atoms with Crippen LogP contribution in [0.5, 0.6) is 0 Å². The molecule has 4 nitrogen and oxygen atoms in total. The summed E-state index contributed by atoms with van der Waals surface area (Å²) in [6, 6.07) is 41.3. The largest absolute Gasteiger partial charge is 0.342 e. The highest BCUT2D eigenvalue weighted by Crippen LogP contribution is 2.35. The molecule has 0 aliphatic rings. The van der Waals surface area contributed by atoms with Crippen LogP contribution in [-0.2, 0) is 0 Å². The molecule has 0 fully saturated rings. The Bertz CT molecular complexity index is 1210. The standard InChI is InChI=1S/C32H30N4/c1-3-35(27-11-7-5-8-12-27)29-19-15-25(16-20-29)31(23-33)32(24-34)26-17-21-30(22-18-26)36(4-2)28-13-9-6-10-14-28/h5-22,31-32H,3-4H2,1-2H3. The Morgan fingerprint density at radius 2 is 0.806 bits per heavy atom. The van der Waals surface area contributed by atoms with E-state index >= 15 is 0 Å². The molecule has 178 valence electrons. The molecular formula is C32H30N4. The maximum atomic E-state index is 10.1. The maximum Gasteiger partial charge on any atom is 0.0912 e. The van der Waals surface area contributed by atoms with Gasteiger partial charge in [0.1, 0.15) is 0 Å². The van der Waals surface area contributed by atoms with E-state index in [1.165, 1.54) is 0 Å². The molecule has 0 saturated heterocycles. The van der Waals surface area contributed by atoms with Gasteiger partial charge in [-0.2, -0.15) is 10.5 Å². The van der Waals surface area contributed by atoms with E-state index in [4.69, 9.17) is 0 Å². The molecule has 0 aliphatic heterocycles. The molecule has 4 rings (SSSR count). The topological polar surface area (TPSA) is 54.1 Å². The average molecular weight is 471 g/mol. The van der Waals surface area contributed by atoms with Gasteiger partial charge in [-0.1, -0.05) is 60.7 Å². The fraction of sp³-hybridized carbons (Fsp3) is 0.188. The van der Waals surface area contributed by atoms with E-state index in [0.717, 1.165) is 47.0 Å². The number of hydrogen-bond acceptors (Lipinski definition) is 4. The Hall–Kier alpha value is -4.54. The number of benzene rings is 4. The average Bonchev–Trinajstić information content (AvgIpc) is 2.95. The summed E-state index contributed by atoms with van der Waals surface area (Å²) in [7, 11) is 0. The van der Waals surface area contributed by atoms with Crippen LogP contribution < -0.4 is 9.80 Å². The zero-order valence-electron chi connectivity index (χ0n) is 20.8. The predicted molar refractivity (Wildman–Crippen MR) is 148 cm³/mol. The van der Waals surface area contributed by atoms with Gasteiger partial charge in [0.2, 0.25) is 0 Å². The van der Waals surface area contributed by atoms with Crippen molar-refractivity contribution in [1.29, 1.82) is 10.5 Å². The molecule has 0 spiro atoms. The van der Waals surface area contributed by atoms with Crippen molar-refractivity contribution in [3.63, 3.8) is 0 Å². The van der Waals surface area contributed by atoms with Crippen molar-refractivity contribution in [2.45, 2.75) is 25.7 Å². The van der Waals surface area contributed by atoms with Gasteiger partial charge in [-0.15, -0.1) is 0 Å². The lowest BCUT2D eigenvalue weighted by atomic mass is 9.83. The van der Waals surface area contributed by atoms with E-state index in [-0.39, 0.29) is 0 Å². The van der Waals surface area contributed by atoms with Gasteiger partial charge in [-0.3, -0.25) is 0 Å². The van der Waals surface area contributed by atoms with Gasteiger partial charge in [0.15, 0.2) is 0 Å². The van der Waals surface area contributed by atoms with Crippen molar-refractivity contribution in [3.05, 3.63) is 120 Å². The molecule has 0 bridgehead atoms. The van der Waals surface area contributed by atoms with Crippen molar-refractivity contribution < 1.29 is 0 Å². The monoisotopic (exact) mass is 470 g/mol. The summed E-state index contributed by atoms with van der Waals surface area (Å²) in [4.78, 5) is 4.44. The summed E-state index contributed by atoms with van der Waals surface area (Å²) in [5, 5.41) is 20.1. The quantitative estimate of drug-likeness (QED) is 0.249. The first-order valence-electron chi connectivity index (χ1n) is 12.3. The van der Waals surface area contributed by atoms with Crippen molar-refractivity contribution >= 4 is 22.7 Å². The number of hydrogen-bond donors (Lipinski definition) is 0. The zero-order chi connectivity index (χ0) is 25.3. The molecule has 0 amide bonds. The maximum absolute atomic E-state index is 10.1. The minimum absolute atomic E-state index is 0.557. The van der Waals surface area contributed by atoms with Crippen LogP contribution in [0.15, 0.2) is 109 Å². The van der Waals surface area contributed by atoms with E-state index in [2.05, 4.69) is 60.1 Å². The summed E-state index contributed by atoms with van der Waals surface area (Å²) in [6.45, 7) is 5.89. The Morgan fingerprint density at radius 3 is 1.08 bits per heavy atom. The SMILES string of the molecule is CCN(c1ccccc1)c1ccc(C(C#N)C(C#N)c2ccc(N(CC)c3ccccc3)cc2)cc1. The van der Waals surface area contributed by atoms with E-state index in [1.807, 2.05) is 84.9 Å². The second-order valence-corrected chi connectivity index (χ2v) is 8.56. The van der Waals surface area contributed by atoms with Crippen LogP contribution >= 0.6 is 0 Å². The predicted octanol–water partition coefficient (Wildman–Crippen LogP) is 7.92. The third-order valence-electron chi connectivity index (χ3n) is 6.51. The van der Waals surface area contributed by atoms with Crippen LogP contribution in [0.4, 0.5) is 22.7 Å². The van der Waals surface area contributed by atoms with Gasteiger partial charge >= 0.3 is 0 Å². The van der Waals surface area contributed by atoms with E-state index in [1.54, 1.807) is 0 Å². The van der Waals surface area contributed by atoms with Gasteiger partial charge in [-0.05, 0) is 73.5 Å². The van der Waals surface area contributed by atoms with Crippen LogP contribution in [0, 0.1) is 22.7 Å². The number of rotatable bonds is 9. The minimum Gasteiger partial charge on any atom is -0.342 e. The molecule has 0 aliphatic carbocycles. The Morgan fingerprint density at radius 1 is 0.500 bits per heavy atom. The Kier molecular flexibility index (Phi) is 8.01. The molecular weight excluding hydrogens is 440 g/mol. The molecule has 0 N–H and O–H groups in total. The van der Waals surface area contributed by atoms with Crippen LogP contribution in [0.2, 0.25) is 0 Å². The smallest absolute Gasteiger partial charge is 0.0912 e. The summed E-state index contributed by atoms with van der Waals surface area (Å²) in [5.74, 6) is -1.11. The molecule has 0 saturated carbocycles. The van der Waals surface area contributed by atoms with E-state index in [0.29, 0.717) is 0 Å². The molecule has 0 heterocycles. The fourth-order valence-corrected chi connectivity index (χ4v) is 4.65. The van der Waals surface area contributed by atoms with E-state index in [9.17, 15) is 10.5 Å². The van der Waals surface area contributed by atoms with Gasteiger partial charge < -0.3 is 9.80 Å². The highest BCUT2D eigenvalue weighted by Gasteiger charge is 2.25. The summed E-state index contributed by atoms with van der Waals surface area (Å²) >= 11 is 0. The molecule has 36 heavy (non-hydrogen) atoms. The van der Waals surface area contributed by atoms with Crippen LogP contribution in [0.1, 0.15) is 36.8 Å². The first-order chi connectivity index (χ1) is 17.7. The van der Waals surface area contributed by atoms with Gasteiger partial charge in [-0.25, -0.2) is 0 Å². The Labute approximate surface area is 214 Å². The zero-order valence-corrected chi connectivity index (χ0v) is 20.8. The molecule has 4 aromatic rings. The van der Waals surface area contributed by atoms with Crippen molar-refractivity contribution in [1.82, 2.24) is 0 Å². The summed E-state index contributed by atoms with van der Waals surface area (Å²) in [5.41, 5.74) is 6.05. The van der Waals surface area contributed by atoms with Gasteiger partial charge in [0, 0.05) is 35.8 Å². The molecule has 0 radical (unpaired) electrons. The molecule has 4 heteroatoms. The highest BCUT2D eigenvalue weighted by molar-refractivity contribution is 5.65. The van der Waals surface area contributed by atoms with Crippen molar-refractivity contribution in [2.75, 3.05) is 22.9 Å². The minimum atomic E-state index is -0.557. The lowest BCUT2D eigenvalue weighted by Crippen LogP contribution is -2.16. The third-order valence-corrected chi connectivity index (χ3v) is 6.51. The molecule has 2 atom stereocenters. The number of para-hydroxylation sites is 2. The third kappa shape index (κ3) is 5.24. The second-order valence-electron chi connectivity index (χ2n) is 8.56.